The first-order valence-electron chi connectivity index (χ1n) is 7.30. The van der Waals surface area contributed by atoms with Crippen LogP contribution in [0.25, 0.3) is 0 Å². The van der Waals surface area contributed by atoms with E-state index in [4.69, 9.17) is 10.5 Å². The second-order valence-corrected chi connectivity index (χ2v) is 5.01. The molecule has 0 aliphatic heterocycles. The van der Waals surface area contributed by atoms with Gasteiger partial charge in [-0.25, -0.2) is 0 Å². The SMILES string of the molecule is CCCC(=O)c1ccc(OCCc2ccccc2)c(N)c1. The van der Waals surface area contributed by atoms with Gasteiger partial charge in [-0.15, -0.1) is 0 Å². The van der Waals surface area contributed by atoms with Gasteiger partial charge < -0.3 is 10.5 Å². The molecule has 0 spiro atoms. The topological polar surface area (TPSA) is 52.3 Å². The number of benzene rings is 2. The summed E-state index contributed by atoms with van der Waals surface area (Å²) in [6.45, 7) is 2.55. The van der Waals surface area contributed by atoms with Gasteiger partial charge in [0.25, 0.3) is 0 Å². The molecule has 3 heteroatoms. The number of ether oxygens (including phenoxy) is 1. The molecule has 0 radical (unpaired) electrons. The van der Waals surface area contributed by atoms with E-state index in [1.165, 1.54) is 5.56 Å². The minimum absolute atomic E-state index is 0.125. The average molecular weight is 283 g/mol. The summed E-state index contributed by atoms with van der Waals surface area (Å²) in [5.74, 6) is 0.763. The first kappa shape index (κ1) is 15.1. The predicted molar refractivity (Wildman–Crippen MR) is 85.7 cm³/mol. The van der Waals surface area contributed by atoms with Crippen LogP contribution in [-0.4, -0.2) is 12.4 Å². The van der Waals surface area contributed by atoms with Crippen LogP contribution in [0.4, 0.5) is 5.69 Å². The van der Waals surface area contributed by atoms with Crippen molar-refractivity contribution in [3.05, 3.63) is 59.7 Å². The summed E-state index contributed by atoms with van der Waals surface area (Å²) in [5, 5.41) is 0. The fourth-order valence-electron chi connectivity index (χ4n) is 2.15. The first-order chi connectivity index (χ1) is 10.2. The van der Waals surface area contributed by atoms with Crippen LogP contribution in [0.5, 0.6) is 5.75 Å². The molecule has 0 amide bonds. The highest BCUT2D eigenvalue weighted by Crippen LogP contribution is 2.23. The lowest BCUT2D eigenvalue weighted by molar-refractivity contribution is 0.0982. The van der Waals surface area contributed by atoms with Crippen LogP contribution in [0, 0.1) is 0 Å². The Morgan fingerprint density at radius 3 is 2.57 bits per heavy atom. The van der Waals surface area contributed by atoms with Gasteiger partial charge in [0.15, 0.2) is 5.78 Å². The maximum Gasteiger partial charge on any atom is 0.162 e. The lowest BCUT2D eigenvalue weighted by atomic mass is 10.1. The van der Waals surface area contributed by atoms with Gasteiger partial charge in [0.1, 0.15) is 5.75 Å². The highest BCUT2D eigenvalue weighted by atomic mass is 16.5. The molecule has 3 nitrogen and oxygen atoms in total. The van der Waals surface area contributed by atoms with Crippen LogP contribution < -0.4 is 10.5 Å². The van der Waals surface area contributed by atoms with Gasteiger partial charge in [-0.1, -0.05) is 37.3 Å². The second-order valence-electron chi connectivity index (χ2n) is 5.01. The van der Waals surface area contributed by atoms with Crippen molar-refractivity contribution in [3.8, 4) is 5.75 Å². The molecule has 0 heterocycles. The van der Waals surface area contributed by atoms with Crippen LogP contribution in [0.1, 0.15) is 35.7 Å². The van der Waals surface area contributed by atoms with E-state index in [1.807, 2.05) is 25.1 Å². The Morgan fingerprint density at radius 2 is 1.90 bits per heavy atom. The molecule has 0 bridgehead atoms. The number of rotatable bonds is 7. The highest BCUT2D eigenvalue weighted by molar-refractivity contribution is 5.97. The van der Waals surface area contributed by atoms with Crippen molar-refractivity contribution in [2.75, 3.05) is 12.3 Å². The van der Waals surface area contributed by atoms with Crippen LogP contribution in [-0.2, 0) is 6.42 Å². The Morgan fingerprint density at radius 1 is 1.14 bits per heavy atom. The van der Waals surface area contributed by atoms with Gasteiger partial charge in [-0.3, -0.25) is 4.79 Å². The Hall–Kier alpha value is -2.29. The number of Topliss-reactive ketones (excluding diaryl/α,β-unsaturated/α-hetero) is 1. The molecule has 2 rings (SSSR count). The molecule has 0 saturated heterocycles. The zero-order chi connectivity index (χ0) is 15.1. The minimum Gasteiger partial charge on any atom is -0.491 e. The molecule has 0 atom stereocenters. The quantitative estimate of drug-likeness (QED) is 0.620. The van der Waals surface area contributed by atoms with E-state index < -0.39 is 0 Å². The molecule has 21 heavy (non-hydrogen) atoms. The number of hydrogen-bond donors (Lipinski definition) is 1. The highest BCUT2D eigenvalue weighted by Gasteiger charge is 2.08. The van der Waals surface area contributed by atoms with Crippen LogP contribution >= 0.6 is 0 Å². The third-order valence-corrected chi connectivity index (χ3v) is 3.30. The fourth-order valence-corrected chi connectivity index (χ4v) is 2.15. The number of hydrogen-bond acceptors (Lipinski definition) is 3. The largest absolute Gasteiger partial charge is 0.491 e. The Bertz CT molecular complexity index is 593. The molecule has 0 unspecified atom stereocenters. The number of ketones is 1. The van der Waals surface area contributed by atoms with Gasteiger partial charge in [0.05, 0.1) is 12.3 Å². The maximum absolute atomic E-state index is 11.8. The van der Waals surface area contributed by atoms with Crippen LogP contribution in [0.2, 0.25) is 0 Å². The number of carbonyl (C=O) groups is 1. The smallest absolute Gasteiger partial charge is 0.162 e. The van der Waals surface area contributed by atoms with Crippen molar-refractivity contribution >= 4 is 11.5 Å². The number of anilines is 1. The predicted octanol–water partition coefficient (Wildman–Crippen LogP) is 3.87. The number of nitrogen functional groups attached to an aromatic ring is 1. The molecule has 0 fully saturated rings. The van der Waals surface area contributed by atoms with Crippen molar-refractivity contribution in [1.82, 2.24) is 0 Å². The normalized spacial score (nSPS) is 10.3. The molecule has 110 valence electrons. The molecule has 0 aliphatic carbocycles. The molecular formula is C18H21NO2. The van der Waals surface area contributed by atoms with E-state index >= 15 is 0 Å². The average Bonchev–Trinajstić information content (AvgIpc) is 2.50. The maximum atomic E-state index is 11.8. The zero-order valence-corrected chi connectivity index (χ0v) is 12.3. The molecular weight excluding hydrogens is 262 g/mol. The fraction of sp³-hybridized carbons (Fsp3) is 0.278. The molecule has 2 aromatic carbocycles. The van der Waals surface area contributed by atoms with Gasteiger partial charge >= 0.3 is 0 Å². The van der Waals surface area contributed by atoms with E-state index in [0.717, 1.165) is 12.8 Å². The van der Waals surface area contributed by atoms with Gasteiger partial charge in [-0.05, 0) is 30.2 Å². The molecule has 0 saturated carbocycles. The molecule has 0 aromatic heterocycles. The lowest BCUT2D eigenvalue weighted by Gasteiger charge is -2.10. The van der Waals surface area contributed by atoms with Crippen molar-refractivity contribution in [3.63, 3.8) is 0 Å². The summed E-state index contributed by atoms with van der Waals surface area (Å²) < 4.78 is 5.70. The standard InChI is InChI=1S/C18H21NO2/c1-2-6-17(20)15-9-10-18(16(19)13-15)21-12-11-14-7-4-3-5-8-14/h3-5,7-10,13H,2,6,11-12,19H2,1H3. The minimum atomic E-state index is 0.125. The Kier molecular flexibility index (Phi) is 5.38. The van der Waals surface area contributed by atoms with Crippen molar-refractivity contribution in [1.29, 1.82) is 0 Å². The summed E-state index contributed by atoms with van der Waals surface area (Å²) in [4.78, 5) is 11.8. The third kappa shape index (κ3) is 4.35. The summed E-state index contributed by atoms with van der Waals surface area (Å²) in [6.07, 6.45) is 2.22. The van der Waals surface area contributed by atoms with E-state index in [2.05, 4.69) is 12.1 Å². The number of nitrogens with two attached hydrogens (primary N) is 1. The van der Waals surface area contributed by atoms with Crippen molar-refractivity contribution < 1.29 is 9.53 Å². The van der Waals surface area contributed by atoms with Gasteiger partial charge in [-0.2, -0.15) is 0 Å². The summed E-state index contributed by atoms with van der Waals surface area (Å²) in [7, 11) is 0. The van der Waals surface area contributed by atoms with E-state index in [1.54, 1.807) is 18.2 Å². The van der Waals surface area contributed by atoms with Crippen LogP contribution in [0.15, 0.2) is 48.5 Å². The first-order valence-corrected chi connectivity index (χ1v) is 7.30. The van der Waals surface area contributed by atoms with E-state index in [-0.39, 0.29) is 5.78 Å². The second kappa shape index (κ2) is 7.48. The Balaban J connectivity index is 1.93. The number of carbonyl (C=O) groups excluding carboxylic acids is 1. The molecule has 0 aliphatic rings. The summed E-state index contributed by atoms with van der Waals surface area (Å²) in [5.41, 5.74) is 8.36. The van der Waals surface area contributed by atoms with Gasteiger partial charge in [0.2, 0.25) is 0 Å². The monoisotopic (exact) mass is 283 g/mol. The summed E-state index contributed by atoms with van der Waals surface area (Å²) >= 11 is 0. The van der Waals surface area contributed by atoms with Crippen molar-refractivity contribution in [2.45, 2.75) is 26.2 Å². The zero-order valence-electron chi connectivity index (χ0n) is 12.3. The van der Waals surface area contributed by atoms with E-state index in [0.29, 0.717) is 30.0 Å². The lowest BCUT2D eigenvalue weighted by Crippen LogP contribution is -2.05. The Labute approximate surface area is 125 Å². The van der Waals surface area contributed by atoms with Crippen LogP contribution in [0.3, 0.4) is 0 Å². The molecule has 2 aromatic rings. The summed E-state index contributed by atoms with van der Waals surface area (Å²) in [6, 6.07) is 15.4. The third-order valence-electron chi connectivity index (χ3n) is 3.30. The van der Waals surface area contributed by atoms with Gasteiger partial charge in [0, 0.05) is 18.4 Å². The van der Waals surface area contributed by atoms with Crippen molar-refractivity contribution in [2.24, 2.45) is 0 Å². The van der Waals surface area contributed by atoms with E-state index in [9.17, 15) is 4.79 Å². The molecule has 2 N–H and O–H groups in total.